The summed E-state index contributed by atoms with van der Waals surface area (Å²) < 4.78 is 28.8. The summed E-state index contributed by atoms with van der Waals surface area (Å²) in [5.74, 6) is -2.66. The molecule has 2 aromatic rings. The molecule has 2 N–H and O–H groups in total. The van der Waals surface area contributed by atoms with Gasteiger partial charge < -0.3 is 10.0 Å². The maximum atomic E-state index is 14.4. The molecule has 0 unspecified atom stereocenters. The van der Waals surface area contributed by atoms with Crippen LogP contribution in [0.2, 0.25) is 0 Å². The van der Waals surface area contributed by atoms with Gasteiger partial charge in [0, 0.05) is 24.9 Å². The third-order valence-electron chi connectivity index (χ3n) is 5.36. The molecule has 0 spiro atoms. The summed E-state index contributed by atoms with van der Waals surface area (Å²) in [7, 11) is 0. The lowest BCUT2D eigenvalue weighted by atomic mass is 10.0. The van der Waals surface area contributed by atoms with E-state index in [1.165, 1.54) is 24.3 Å². The average Bonchev–Trinajstić information content (AvgIpc) is 3.39. The van der Waals surface area contributed by atoms with Crippen molar-refractivity contribution in [1.29, 1.82) is 0 Å². The maximum absolute atomic E-state index is 14.4. The van der Waals surface area contributed by atoms with E-state index < -0.39 is 12.0 Å². The van der Waals surface area contributed by atoms with Gasteiger partial charge in [-0.2, -0.15) is 14.0 Å². The van der Waals surface area contributed by atoms with Gasteiger partial charge in [0.05, 0.1) is 6.04 Å². The normalized spacial score (nSPS) is 18.4. The lowest BCUT2D eigenvalue weighted by Crippen LogP contribution is -2.34. The first-order valence-electron chi connectivity index (χ1n) is 10.3. The first-order valence-corrected chi connectivity index (χ1v) is 10.3. The quantitative estimate of drug-likeness (QED) is 0.431. The molecule has 1 saturated heterocycles. The number of rotatable bonds is 11. The number of H-pyrrole nitrogens is 1. The summed E-state index contributed by atoms with van der Waals surface area (Å²) in [4.78, 5) is 13.9. The van der Waals surface area contributed by atoms with E-state index in [2.05, 4.69) is 20.6 Å². The minimum absolute atomic E-state index is 0.0285. The van der Waals surface area contributed by atoms with Gasteiger partial charge in [0.15, 0.2) is 5.82 Å². The standard InChI is InChI=1S/C21H27F2N5O2/c22-21(23,16-8-4-3-5-9-16)18(29)13-11-17-12-14-20(30)28(17)15-7-2-1-6-10-19-24-26-27-25-19/h3-5,8-9,11,13,17-18,29H,1-2,6-7,10,12,14-15H2,(H,24,25,26,27)/b13-11+/t17-,18-/m0/s1. The summed E-state index contributed by atoms with van der Waals surface area (Å²) in [6.45, 7) is 0.585. The molecule has 30 heavy (non-hydrogen) atoms. The number of aromatic amines is 1. The van der Waals surface area contributed by atoms with Gasteiger partial charge in [-0.15, -0.1) is 10.2 Å². The highest BCUT2D eigenvalue weighted by Crippen LogP contribution is 2.32. The predicted molar refractivity (Wildman–Crippen MR) is 107 cm³/mol. The van der Waals surface area contributed by atoms with Crippen LogP contribution in [0.3, 0.4) is 0 Å². The second kappa shape index (κ2) is 10.4. The number of tetrazole rings is 1. The van der Waals surface area contributed by atoms with Gasteiger partial charge in [-0.3, -0.25) is 4.79 Å². The molecule has 0 bridgehead atoms. The number of halogens is 2. The number of carbonyl (C=O) groups excluding carboxylic acids is 1. The Labute approximate surface area is 174 Å². The second-order valence-electron chi connectivity index (χ2n) is 7.50. The van der Waals surface area contributed by atoms with Gasteiger partial charge in [0.25, 0.3) is 0 Å². The molecule has 7 nitrogen and oxygen atoms in total. The summed E-state index contributed by atoms with van der Waals surface area (Å²) in [5.41, 5.74) is -0.234. The fraction of sp³-hybridized carbons (Fsp3) is 0.524. The fourth-order valence-electron chi connectivity index (χ4n) is 3.64. The van der Waals surface area contributed by atoms with E-state index in [1.54, 1.807) is 17.0 Å². The van der Waals surface area contributed by atoms with Crippen LogP contribution in [0.5, 0.6) is 0 Å². The molecule has 2 heterocycles. The number of amides is 1. The zero-order valence-electron chi connectivity index (χ0n) is 16.8. The van der Waals surface area contributed by atoms with E-state index in [0.29, 0.717) is 25.2 Å². The highest BCUT2D eigenvalue weighted by atomic mass is 19.3. The third kappa shape index (κ3) is 5.69. The Kier molecular flexibility index (Phi) is 7.62. The predicted octanol–water partition coefficient (Wildman–Crippen LogP) is 3.00. The number of alkyl halides is 2. The van der Waals surface area contributed by atoms with Crippen LogP contribution in [0, 0.1) is 0 Å². The van der Waals surface area contributed by atoms with Gasteiger partial charge in [-0.25, -0.2) is 0 Å². The number of hydrogen-bond acceptors (Lipinski definition) is 5. The summed E-state index contributed by atoms with van der Waals surface area (Å²) >= 11 is 0. The minimum Gasteiger partial charge on any atom is -0.382 e. The lowest BCUT2D eigenvalue weighted by molar-refractivity contribution is -0.128. The van der Waals surface area contributed by atoms with Crippen LogP contribution in [0.15, 0.2) is 42.5 Å². The number of aliphatic hydroxyl groups excluding tert-OH is 1. The maximum Gasteiger partial charge on any atom is 0.302 e. The summed E-state index contributed by atoms with van der Waals surface area (Å²) in [6.07, 6.45) is 6.18. The molecule has 0 aliphatic carbocycles. The van der Waals surface area contributed by atoms with E-state index in [0.717, 1.165) is 38.2 Å². The minimum atomic E-state index is -3.39. The number of nitrogens with one attached hydrogen (secondary N) is 1. The molecule has 1 amide bonds. The van der Waals surface area contributed by atoms with E-state index >= 15 is 0 Å². The number of aromatic nitrogens is 4. The molecule has 1 fully saturated rings. The molecule has 1 aliphatic rings. The summed E-state index contributed by atoms with van der Waals surface area (Å²) in [5, 5.41) is 23.8. The largest absolute Gasteiger partial charge is 0.382 e. The zero-order valence-corrected chi connectivity index (χ0v) is 16.8. The molecule has 1 aliphatic heterocycles. The molecule has 162 valence electrons. The average molecular weight is 419 g/mol. The van der Waals surface area contributed by atoms with Crippen molar-refractivity contribution in [3.8, 4) is 0 Å². The number of carbonyl (C=O) groups is 1. The molecule has 3 rings (SSSR count). The molecule has 0 saturated carbocycles. The first kappa shape index (κ1) is 22.0. The number of likely N-dealkylation sites (tertiary alicyclic amines) is 1. The molecule has 9 heteroatoms. The van der Waals surface area contributed by atoms with Crippen LogP contribution in [0.1, 0.15) is 49.9 Å². The molecule has 1 aromatic heterocycles. The van der Waals surface area contributed by atoms with Crippen molar-refractivity contribution in [3.63, 3.8) is 0 Å². The van der Waals surface area contributed by atoms with Gasteiger partial charge in [0.1, 0.15) is 6.10 Å². The van der Waals surface area contributed by atoms with E-state index in [4.69, 9.17) is 0 Å². The van der Waals surface area contributed by atoms with Gasteiger partial charge >= 0.3 is 5.92 Å². The molecule has 1 aromatic carbocycles. The molecular weight excluding hydrogens is 392 g/mol. The van der Waals surface area contributed by atoms with Crippen LogP contribution in [0.4, 0.5) is 8.78 Å². The van der Waals surface area contributed by atoms with Crippen molar-refractivity contribution in [3.05, 3.63) is 53.9 Å². The first-order chi connectivity index (χ1) is 14.5. The third-order valence-corrected chi connectivity index (χ3v) is 5.36. The number of benzene rings is 1. The Hall–Kier alpha value is -2.68. The van der Waals surface area contributed by atoms with Crippen molar-refractivity contribution < 1.29 is 18.7 Å². The number of hydrogen-bond donors (Lipinski definition) is 2. The molecular formula is C21H27F2N5O2. The Morgan fingerprint density at radius 3 is 2.73 bits per heavy atom. The van der Waals surface area contributed by atoms with Crippen molar-refractivity contribution in [2.45, 2.75) is 63.0 Å². The van der Waals surface area contributed by atoms with E-state index in [9.17, 15) is 18.7 Å². The Bertz CT molecular complexity index is 814. The Morgan fingerprint density at radius 1 is 1.23 bits per heavy atom. The Morgan fingerprint density at radius 2 is 2.00 bits per heavy atom. The highest BCUT2D eigenvalue weighted by Gasteiger charge is 2.39. The van der Waals surface area contributed by atoms with Gasteiger partial charge in [-0.1, -0.05) is 60.5 Å². The molecule has 0 radical (unpaired) electrons. The van der Waals surface area contributed by atoms with Crippen molar-refractivity contribution in [2.75, 3.05) is 6.54 Å². The van der Waals surface area contributed by atoms with E-state index in [-0.39, 0.29) is 17.5 Å². The van der Waals surface area contributed by atoms with Crippen molar-refractivity contribution in [1.82, 2.24) is 25.5 Å². The summed E-state index contributed by atoms with van der Waals surface area (Å²) in [6, 6.07) is 7.01. The Balaban J connectivity index is 1.45. The molecule has 2 atom stereocenters. The fourth-order valence-corrected chi connectivity index (χ4v) is 3.64. The number of aliphatic hydroxyl groups is 1. The van der Waals surface area contributed by atoms with Gasteiger partial charge in [0.2, 0.25) is 5.91 Å². The topological polar surface area (TPSA) is 95.0 Å². The SMILES string of the molecule is O=C1CC[C@H](/C=C/[C@H](O)C(F)(F)c2ccccc2)N1CCCCCCc1nn[nH]n1. The second-order valence-corrected chi connectivity index (χ2v) is 7.50. The smallest absolute Gasteiger partial charge is 0.302 e. The van der Waals surface area contributed by atoms with Crippen molar-refractivity contribution in [2.24, 2.45) is 0 Å². The van der Waals surface area contributed by atoms with Crippen LogP contribution >= 0.6 is 0 Å². The lowest BCUT2D eigenvalue weighted by Gasteiger charge is -2.24. The number of nitrogens with zero attached hydrogens (tertiary/aromatic N) is 4. The van der Waals surface area contributed by atoms with E-state index in [1.807, 2.05) is 0 Å². The van der Waals surface area contributed by atoms with Crippen LogP contribution in [-0.4, -0.2) is 55.2 Å². The van der Waals surface area contributed by atoms with Gasteiger partial charge in [-0.05, 0) is 19.3 Å². The van der Waals surface area contributed by atoms with Crippen LogP contribution in [0.25, 0.3) is 0 Å². The monoisotopic (exact) mass is 419 g/mol. The highest BCUT2D eigenvalue weighted by molar-refractivity contribution is 5.79. The zero-order chi connectivity index (χ0) is 21.4. The number of unbranched alkanes of at least 4 members (excludes halogenated alkanes) is 3. The van der Waals surface area contributed by atoms with Crippen molar-refractivity contribution >= 4 is 5.91 Å². The van der Waals surface area contributed by atoms with Crippen LogP contribution < -0.4 is 0 Å². The van der Waals surface area contributed by atoms with Crippen LogP contribution in [-0.2, 0) is 17.1 Å². The number of aryl methyl sites for hydroxylation is 1.